The van der Waals surface area contributed by atoms with Crippen molar-refractivity contribution < 1.29 is 4.74 Å². The van der Waals surface area contributed by atoms with Crippen LogP contribution in [0.1, 0.15) is 18.1 Å². The second kappa shape index (κ2) is 7.98. The molecule has 1 aliphatic heterocycles. The average Bonchev–Trinajstić information content (AvgIpc) is 2.60. The maximum absolute atomic E-state index is 5.96. The van der Waals surface area contributed by atoms with Crippen LogP contribution in [-0.2, 0) is 11.3 Å². The van der Waals surface area contributed by atoms with E-state index in [1.54, 1.807) is 0 Å². The van der Waals surface area contributed by atoms with E-state index in [0.29, 0.717) is 12.5 Å². The molecule has 132 valence electrons. The molecule has 0 spiro atoms. The molecule has 0 radical (unpaired) electrons. The second-order valence-electron chi connectivity index (χ2n) is 6.35. The summed E-state index contributed by atoms with van der Waals surface area (Å²) in [4.78, 5) is 11.2. The number of benzene rings is 1. The summed E-state index contributed by atoms with van der Waals surface area (Å²) in [7, 11) is 0. The molecule has 1 aromatic carbocycles. The standard InChI is InChI=1S/C19H25N5O/c1-14-4-3-5-17(10-14)23-19(20)22-12-16-6-7-18(21-11-16)24-8-9-25-15(2)13-24/h3-7,10-11,15H,8-9,12-13H2,1-2H3,(H3,20,22,23). The predicted molar refractivity (Wildman–Crippen MR) is 102 cm³/mol. The van der Waals surface area contributed by atoms with Crippen molar-refractivity contribution in [1.29, 1.82) is 0 Å². The third kappa shape index (κ3) is 4.93. The number of anilines is 2. The number of pyridine rings is 1. The minimum Gasteiger partial charge on any atom is -0.375 e. The van der Waals surface area contributed by atoms with Crippen molar-refractivity contribution in [3.8, 4) is 0 Å². The third-order valence-electron chi connectivity index (χ3n) is 4.10. The summed E-state index contributed by atoms with van der Waals surface area (Å²) in [5, 5.41) is 3.11. The number of aliphatic imine (C=N–C) groups is 1. The molecule has 0 bridgehead atoms. The maximum Gasteiger partial charge on any atom is 0.193 e. The number of guanidine groups is 1. The Hall–Kier alpha value is -2.60. The maximum atomic E-state index is 5.96. The Balaban J connectivity index is 1.57. The second-order valence-corrected chi connectivity index (χ2v) is 6.35. The Morgan fingerprint density at radius 1 is 1.40 bits per heavy atom. The van der Waals surface area contributed by atoms with Crippen molar-refractivity contribution >= 4 is 17.5 Å². The van der Waals surface area contributed by atoms with Crippen LogP contribution in [0, 0.1) is 6.92 Å². The highest BCUT2D eigenvalue weighted by atomic mass is 16.5. The topological polar surface area (TPSA) is 75.8 Å². The van der Waals surface area contributed by atoms with Gasteiger partial charge in [-0.3, -0.25) is 0 Å². The van der Waals surface area contributed by atoms with E-state index < -0.39 is 0 Å². The predicted octanol–water partition coefficient (Wildman–Crippen LogP) is 2.54. The van der Waals surface area contributed by atoms with E-state index in [4.69, 9.17) is 10.5 Å². The molecule has 1 atom stereocenters. The van der Waals surface area contributed by atoms with E-state index in [-0.39, 0.29) is 6.10 Å². The Morgan fingerprint density at radius 3 is 3.00 bits per heavy atom. The zero-order chi connectivity index (χ0) is 17.6. The van der Waals surface area contributed by atoms with Gasteiger partial charge in [0.05, 0.1) is 19.3 Å². The van der Waals surface area contributed by atoms with Gasteiger partial charge in [-0.05, 0) is 43.2 Å². The van der Waals surface area contributed by atoms with Crippen LogP contribution in [0.3, 0.4) is 0 Å². The Morgan fingerprint density at radius 2 is 2.28 bits per heavy atom. The normalized spacial score (nSPS) is 18.2. The fourth-order valence-corrected chi connectivity index (χ4v) is 2.81. The molecule has 2 heterocycles. The third-order valence-corrected chi connectivity index (χ3v) is 4.10. The number of nitrogens with one attached hydrogen (secondary N) is 1. The number of nitrogens with two attached hydrogens (primary N) is 1. The number of aromatic nitrogens is 1. The number of nitrogens with zero attached hydrogens (tertiary/aromatic N) is 3. The summed E-state index contributed by atoms with van der Waals surface area (Å²) in [5.74, 6) is 1.38. The van der Waals surface area contributed by atoms with Crippen LogP contribution in [0.15, 0.2) is 47.6 Å². The van der Waals surface area contributed by atoms with Crippen molar-refractivity contribution in [2.75, 3.05) is 29.9 Å². The van der Waals surface area contributed by atoms with E-state index in [1.807, 2.05) is 49.5 Å². The van der Waals surface area contributed by atoms with Crippen LogP contribution in [0.2, 0.25) is 0 Å². The molecule has 6 heteroatoms. The van der Waals surface area contributed by atoms with Crippen molar-refractivity contribution in [2.45, 2.75) is 26.5 Å². The highest BCUT2D eigenvalue weighted by Gasteiger charge is 2.17. The van der Waals surface area contributed by atoms with Gasteiger partial charge >= 0.3 is 0 Å². The summed E-state index contributed by atoms with van der Waals surface area (Å²) < 4.78 is 5.57. The largest absolute Gasteiger partial charge is 0.375 e. The zero-order valence-electron chi connectivity index (χ0n) is 14.8. The molecule has 1 unspecified atom stereocenters. The minimum absolute atomic E-state index is 0.243. The van der Waals surface area contributed by atoms with E-state index >= 15 is 0 Å². The lowest BCUT2D eigenvalue weighted by molar-refractivity contribution is 0.0529. The smallest absolute Gasteiger partial charge is 0.193 e. The number of ether oxygens (including phenoxy) is 1. The molecule has 6 nitrogen and oxygen atoms in total. The summed E-state index contributed by atoms with van der Waals surface area (Å²) in [6, 6.07) is 12.1. The van der Waals surface area contributed by atoms with E-state index in [1.165, 1.54) is 5.56 Å². The van der Waals surface area contributed by atoms with Crippen molar-refractivity contribution in [3.63, 3.8) is 0 Å². The first-order valence-corrected chi connectivity index (χ1v) is 8.55. The fourth-order valence-electron chi connectivity index (χ4n) is 2.81. The zero-order valence-corrected chi connectivity index (χ0v) is 14.8. The lowest BCUT2D eigenvalue weighted by Gasteiger charge is -2.32. The van der Waals surface area contributed by atoms with Gasteiger partial charge < -0.3 is 20.7 Å². The molecule has 1 fully saturated rings. The molecule has 1 aromatic heterocycles. The highest BCUT2D eigenvalue weighted by molar-refractivity contribution is 5.92. The lowest BCUT2D eigenvalue weighted by Crippen LogP contribution is -2.41. The first kappa shape index (κ1) is 17.2. The molecule has 0 amide bonds. The number of hydrogen-bond acceptors (Lipinski definition) is 4. The van der Waals surface area contributed by atoms with Gasteiger partial charge in [-0.2, -0.15) is 0 Å². The van der Waals surface area contributed by atoms with E-state index in [2.05, 4.69) is 27.1 Å². The molecule has 0 saturated carbocycles. The summed E-state index contributed by atoms with van der Waals surface area (Å²) >= 11 is 0. The molecule has 3 rings (SSSR count). The number of aryl methyl sites for hydroxylation is 1. The molecule has 3 N–H and O–H groups in total. The average molecular weight is 339 g/mol. The monoisotopic (exact) mass is 339 g/mol. The van der Waals surface area contributed by atoms with Crippen LogP contribution in [-0.4, -0.2) is 36.7 Å². The SMILES string of the molecule is Cc1cccc(NC(N)=NCc2ccc(N3CCOC(C)C3)nc2)c1. The van der Waals surface area contributed by atoms with E-state index in [9.17, 15) is 0 Å². The van der Waals surface area contributed by atoms with Crippen LogP contribution in [0.5, 0.6) is 0 Å². The Kier molecular flexibility index (Phi) is 5.50. The summed E-state index contributed by atoms with van der Waals surface area (Å²) in [6.07, 6.45) is 2.10. The summed E-state index contributed by atoms with van der Waals surface area (Å²) in [6.45, 7) is 7.12. The van der Waals surface area contributed by atoms with Crippen LogP contribution in [0.4, 0.5) is 11.5 Å². The molecule has 1 aliphatic rings. The molecule has 2 aromatic rings. The van der Waals surface area contributed by atoms with Gasteiger partial charge in [0.2, 0.25) is 0 Å². The van der Waals surface area contributed by atoms with Crippen molar-refractivity contribution in [1.82, 2.24) is 4.98 Å². The Labute approximate surface area is 148 Å². The molecule has 0 aliphatic carbocycles. The molecule has 25 heavy (non-hydrogen) atoms. The minimum atomic E-state index is 0.243. The Bertz CT molecular complexity index is 729. The molecule has 1 saturated heterocycles. The van der Waals surface area contributed by atoms with Gasteiger partial charge in [0, 0.05) is 25.0 Å². The van der Waals surface area contributed by atoms with Gasteiger partial charge in [-0.25, -0.2) is 9.98 Å². The van der Waals surface area contributed by atoms with Gasteiger partial charge in [0.1, 0.15) is 5.82 Å². The first-order chi connectivity index (χ1) is 12.1. The van der Waals surface area contributed by atoms with Crippen molar-refractivity contribution in [3.05, 3.63) is 53.7 Å². The van der Waals surface area contributed by atoms with Crippen LogP contribution >= 0.6 is 0 Å². The van der Waals surface area contributed by atoms with Crippen LogP contribution < -0.4 is 16.0 Å². The van der Waals surface area contributed by atoms with Gasteiger partial charge in [-0.15, -0.1) is 0 Å². The number of rotatable bonds is 4. The fraction of sp³-hybridized carbons (Fsp3) is 0.368. The number of hydrogen-bond donors (Lipinski definition) is 2. The quantitative estimate of drug-likeness (QED) is 0.661. The highest BCUT2D eigenvalue weighted by Crippen LogP contribution is 2.16. The number of morpholine rings is 1. The van der Waals surface area contributed by atoms with Crippen molar-refractivity contribution in [2.24, 2.45) is 10.7 Å². The van der Waals surface area contributed by atoms with Gasteiger partial charge in [0.15, 0.2) is 5.96 Å². The first-order valence-electron chi connectivity index (χ1n) is 8.55. The van der Waals surface area contributed by atoms with Gasteiger partial charge in [0.25, 0.3) is 0 Å². The lowest BCUT2D eigenvalue weighted by atomic mass is 10.2. The van der Waals surface area contributed by atoms with E-state index in [0.717, 1.165) is 36.8 Å². The molecular formula is C19H25N5O. The van der Waals surface area contributed by atoms with Crippen LogP contribution in [0.25, 0.3) is 0 Å². The van der Waals surface area contributed by atoms with Gasteiger partial charge in [-0.1, -0.05) is 18.2 Å². The molecular weight excluding hydrogens is 314 g/mol. The summed E-state index contributed by atoms with van der Waals surface area (Å²) in [5.41, 5.74) is 9.11.